The number of nitrogens with one attached hydrogen (secondary N) is 1. The zero-order chi connectivity index (χ0) is 12.7. The first-order valence-corrected chi connectivity index (χ1v) is 6.20. The molecule has 0 unspecified atom stereocenters. The zero-order valence-electron chi connectivity index (χ0n) is 10.6. The van der Waals surface area contributed by atoms with Crippen molar-refractivity contribution < 1.29 is 9.90 Å². The summed E-state index contributed by atoms with van der Waals surface area (Å²) in [5.41, 5.74) is 1.38. The largest absolute Gasteiger partial charge is 0.478 e. The van der Waals surface area contributed by atoms with E-state index in [0.29, 0.717) is 11.5 Å². The van der Waals surface area contributed by atoms with Crippen LogP contribution in [-0.2, 0) is 6.54 Å². The van der Waals surface area contributed by atoms with Crippen LogP contribution in [-0.4, -0.2) is 17.6 Å². The highest BCUT2D eigenvalue weighted by Gasteiger charge is 2.04. The Morgan fingerprint density at radius 3 is 2.65 bits per heavy atom. The van der Waals surface area contributed by atoms with Crippen LogP contribution < -0.4 is 5.32 Å². The number of carbonyl (C=O) groups is 1. The second-order valence-corrected chi connectivity index (χ2v) is 4.32. The van der Waals surface area contributed by atoms with Crippen molar-refractivity contribution >= 4 is 5.97 Å². The lowest BCUT2D eigenvalue weighted by Crippen LogP contribution is -2.21. The number of carboxylic acid groups (broad SMARTS) is 1. The summed E-state index contributed by atoms with van der Waals surface area (Å²) in [6.45, 7) is 6.11. The van der Waals surface area contributed by atoms with Crippen LogP contribution in [0.1, 0.15) is 42.6 Å². The minimum Gasteiger partial charge on any atom is -0.478 e. The summed E-state index contributed by atoms with van der Waals surface area (Å²) < 4.78 is 0. The zero-order valence-corrected chi connectivity index (χ0v) is 10.6. The minimum atomic E-state index is -0.869. The quantitative estimate of drug-likeness (QED) is 0.764. The van der Waals surface area contributed by atoms with E-state index in [1.165, 1.54) is 12.8 Å². The van der Waals surface area contributed by atoms with Gasteiger partial charge in [0.15, 0.2) is 0 Å². The Morgan fingerprint density at radius 2 is 2.06 bits per heavy atom. The Hall–Kier alpha value is -1.35. The molecule has 94 valence electrons. The maximum atomic E-state index is 10.8. The van der Waals surface area contributed by atoms with E-state index in [1.54, 1.807) is 18.2 Å². The van der Waals surface area contributed by atoms with Crippen molar-refractivity contribution in [1.82, 2.24) is 5.32 Å². The van der Waals surface area contributed by atoms with Gasteiger partial charge in [0, 0.05) is 6.54 Å². The summed E-state index contributed by atoms with van der Waals surface area (Å²) >= 11 is 0. The number of rotatable bonds is 7. The highest BCUT2D eigenvalue weighted by atomic mass is 16.4. The summed E-state index contributed by atoms with van der Waals surface area (Å²) in [6, 6.07) is 7.08. The number of benzene rings is 1. The topological polar surface area (TPSA) is 49.3 Å². The molecule has 1 aromatic carbocycles. The van der Waals surface area contributed by atoms with Gasteiger partial charge < -0.3 is 10.4 Å². The second kappa shape index (κ2) is 7.07. The van der Waals surface area contributed by atoms with Crippen LogP contribution in [0.25, 0.3) is 0 Å². The lowest BCUT2D eigenvalue weighted by atomic mass is 10.0. The van der Waals surface area contributed by atoms with Gasteiger partial charge in [-0.2, -0.15) is 0 Å². The van der Waals surface area contributed by atoms with Crippen molar-refractivity contribution in [2.45, 2.75) is 33.2 Å². The van der Waals surface area contributed by atoms with E-state index in [9.17, 15) is 4.79 Å². The van der Waals surface area contributed by atoms with Crippen LogP contribution >= 0.6 is 0 Å². The van der Waals surface area contributed by atoms with Gasteiger partial charge in [-0.15, -0.1) is 0 Å². The number of hydrogen-bond donors (Lipinski definition) is 2. The van der Waals surface area contributed by atoms with Gasteiger partial charge in [0.25, 0.3) is 0 Å². The van der Waals surface area contributed by atoms with Gasteiger partial charge in [-0.3, -0.25) is 0 Å². The average molecular weight is 235 g/mol. The van der Waals surface area contributed by atoms with Crippen LogP contribution in [0.4, 0.5) is 0 Å². The van der Waals surface area contributed by atoms with Crippen LogP contribution in [0.5, 0.6) is 0 Å². The van der Waals surface area contributed by atoms with Gasteiger partial charge in [0.1, 0.15) is 0 Å². The third-order valence-corrected chi connectivity index (χ3v) is 3.09. The first-order valence-electron chi connectivity index (χ1n) is 6.20. The monoisotopic (exact) mass is 235 g/mol. The van der Waals surface area contributed by atoms with E-state index in [1.807, 2.05) is 6.07 Å². The molecule has 2 N–H and O–H groups in total. The predicted octanol–water partition coefficient (Wildman–Crippen LogP) is 2.91. The van der Waals surface area contributed by atoms with E-state index in [-0.39, 0.29) is 0 Å². The molecular weight excluding hydrogens is 214 g/mol. The molecule has 0 aliphatic heterocycles. The van der Waals surface area contributed by atoms with Gasteiger partial charge in [-0.1, -0.05) is 38.8 Å². The van der Waals surface area contributed by atoms with E-state index >= 15 is 0 Å². The standard InChI is InChI=1S/C14H21NO2/c1-3-11(4-2)9-15-10-12-6-5-7-13(8-12)14(16)17/h5-8,11,15H,3-4,9-10H2,1-2H3,(H,16,17). The Morgan fingerprint density at radius 1 is 1.35 bits per heavy atom. The maximum absolute atomic E-state index is 10.8. The van der Waals surface area contributed by atoms with Crippen LogP contribution in [0, 0.1) is 5.92 Å². The second-order valence-electron chi connectivity index (χ2n) is 4.32. The molecule has 0 radical (unpaired) electrons. The smallest absolute Gasteiger partial charge is 0.335 e. The Balaban J connectivity index is 2.46. The normalized spacial score (nSPS) is 10.8. The fourth-order valence-electron chi connectivity index (χ4n) is 1.81. The maximum Gasteiger partial charge on any atom is 0.335 e. The highest BCUT2D eigenvalue weighted by Crippen LogP contribution is 2.08. The van der Waals surface area contributed by atoms with Crippen molar-refractivity contribution in [3.05, 3.63) is 35.4 Å². The molecule has 1 aromatic rings. The molecule has 0 saturated carbocycles. The molecule has 1 rings (SSSR count). The summed E-state index contributed by atoms with van der Waals surface area (Å²) in [5.74, 6) is -0.163. The molecule has 0 fully saturated rings. The molecule has 0 aliphatic rings. The molecule has 0 amide bonds. The van der Waals surface area contributed by atoms with Gasteiger partial charge in [0.05, 0.1) is 5.56 Å². The van der Waals surface area contributed by atoms with Crippen LogP contribution in [0.15, 0.2) is 24.3 Å². The average Bonchev–Trinajstić information content (AvgIpc) is 2.35. The summed E-state index contributed by atoms with van der Waals surface area (Å²) in [6.07, 6.45) is 2.36. The summed E-state index contributed by atoms with van der Waals surface area (Å²) in [4.78, 5) is 10.8. The predicted molar refractivity (Wildman–Crippen MR) is 69.2 cm³/mol. The first-order chi connectivity index (χ1) is 8.17. The SMILES string of the molecule is CCC(CC)CNCc1cccc(C(=O)O)c1. The number of aromatic carboxylic acids is 1. The molecule has 0 heterocycles. The molecule has 0 saturated heterocycles. The molecule has 0 spiro atoms. The number of hydrogen-bond acceptors (Lipinski definition) is 2. The van der Waals surface area contributed by atoms with Crippen molar-refractivity contribution in [2.75, 3.05) is 6.54 Å². The van der Waals surface area contributed by atoms with Crippen molar-refractivity contribution in [1.29, 1.82) is 0 Å². The molecular formula is C14H21NO2. The molecule has 0 atom stereocenters. The molecule has 3 heteroatoms. The van der Waals surface area contributed by atoms with E-state index in [0.717, 1.165) is 18.7 Å². The molecule has 3 nitrogen and oxygen atoms in total. The van der Waals surface area contributed by atoms with E-state index < -0.39 is 5.97 Å². The molecule has 0 aromatic heterocycles. The van der Waals surface area contributed by atoms with E-state index in [2.05, 4.69) is 19.2 Å². The fourth-order valence-corrected chi connectivity index (χ4v) is 1.81. The van der Waals surface area contributed by atoms with Crippen LogP contribution in [0.3, 0.4) is 0 Å². The molecule has 0 aliphatic carbocycles. The summed E-state index contributed by atoms with van der Waals surface area (Å²) in [7, 11) is 0. The highest BCUT2D eigenvalue weighted by molar-refractivity contribution is 5.87. The van der Waals surface area contributed by atoms with Gasteiger partial charge >= 0.3 is 5.97 Å². The van der Waals surface area contributed by atoms with E-state index in [4.69, 9.17) is 5.11 Å². The van der Waals surface area contributed by atoms with Gasteiger partial charge in [0.2, 0.25) is 0 Å². The Kier molecular flexibility index (Phi) is 5.70. The Labute approximate surface area is 103 Å². The first kappa shape index (κ1) is 13.7. The van der Waals surface area contributed by atoms with Crippen LogP contribution in [0.2, 0.25) is 0 Å². The van der Waals surface area contributed by atoms with Crippen molar-refractivity contribution in [3.8, 4) is 0 Å². The van der Waals surface area contributed by atoms with Crippen molar-refractivity contribution in [3.63, 3.8) is 0 Å². The fraction of sp³-hybridized carbons (Fsp3) is 0.500. The molecule has 0 bridgehead atoms. The molecule has 17 heavy (non-hydrogen) atoms. The number of carboxylic acids is 1. The third-order valence-electron chi connectivity index (χ3n) is 3.09. The van der Waals surface area contributed by atoms with Gasteiger partial charge in [-0.25, -0.2) is 4.79 Å². The van der Waals surface area contributed by atoms with Gasteiger partial charge in [-0.05, 0) is 30.2 Å². The lowest BCUT2D eigenvalue weighted by molar-refractivity contribution is 0.0696. The summed E-state index contributed by atoms with van der Waals surface area (Å²) in [5, 5.41) is 12.3. The minimum absolute atomic E-state index is 0.354. The third kappa shape index (κ3) is 4.57. The van der Waals surface area contributed by atoms with Crippen molar-refractivity contribution in [2.24, 2.45) is 5.92 Å². The lowest BCUT2D eigenvalue weighted by Gasteiger charge is -2.13. The Bertz CT molecular complexity index is 359.